The van der Waals surface area contributed by atoms with Crippen molar-refractivity contribution < 1.29 is 9.47 Å². The molecule has 2 atom stereocenters. The van der Waals surface area contributed by atoms with E-state index in [1.54, 1.807) is 7.11 Å². The molecule has 1 N–H and O–H groups in total. The first-order valence-corrected chi connectivity index (χ1v) is 8.43. The molecule has 0 aliphatic carbocycles. The molecule has 1 saturated heterocycles. The Morgan fingerprint density at radius 2 is 1.81 bits per heavy atom. The molecule has 1 rings (SSSR count). The Morgan fingerprint density at radius 1 is 1.14 bits per heavy atom. The minimum atomic E-state index is -0.121. The van der Waals surface area contributed by atoms with Crippen LogP contribution in [0.5, 0.6) is 0 Å². The van der Waals surface area contributed by atoms with Gasteiger partial charge in [-0.25, -0.2) is 0 Å². The van der Waals surface area contributed by atoms with Crippen molar-refractivity contribution in [1.29, 1.82) is 0 Å². The topological polar surface area (TPSA) is 33.7 Å². The maximum atomic E-state index is 6.39. The lowest BCUT2D eigenvalue weighted by molar-refractivity contribution is -0.0797. The van der Waals surface area contributed by atoms with E-state index in [4.69, 9.17) is 9.47 Å². The summed E-state index contributed by atoms with van der Waals surface area (Å²) in [5.74, 6) is 0.482. The van der Waals surface area contributed by atoms with Crippen molar-refractivity contribution in [2.75, 3.05) is 39.9 Å². The Morgan fingerprint density at radius 3 is 2.33 bits per heavy atom. The van der Waals surface area contributed by atoms with Crippen LogP contribution < -0.4 is 5.32 Å². The SMILES string of the molecule is CCCNC1C(CN(CC)CCOC)C(C)(C)OC1(C)C. The first kappa shape index (κ1) is 18.9. The lowest BCUT2D eigenvalue weighted by atomic mass is 9.82. The Balaban J connectivity index is 2.81. The standard InChI is InChI=1S/C17H36N2O2/c1-8-10-18-15-14(13-19(9-2)11-12-20-7)16(3,4)21-17(15,5)6/h14-15,18H,8-13H2,1-7H3. The summed E-state index contributed by atoms with van der Waals surface area (Å²) in [5, 5.41) is 3.73. The van der Waals surface area contributed by atoms with Crippen molar-refractivity contribution in [2.24, 2.45) is 5.92 Å². The summed E-state index contributed by atoms with van der Waals surface area (Å²) in [6.07, 6.45) is 1.15. The lowest BCUT2D eigenvalue weighted by Crippen LogP contribution is -2.51. The Labute approximate surface area is 131 Å². The second-order valence-electron chi connectivity index (χ2n) is 7.23. The van der Waals surface area contributed by atoms with Gasteiger partial charge in [0.25, 0.3) is 0 Å². The number of methoxy groups -OCH3 is 1. The van der Waals surface area contributed by atoms with E-state index in [0.717, 1.165) is 39.2 Å². The lowest BCUT2D eigenvalue weighted by Gasteiger charge is -2.34. The van der Waals surface area contributed by atoms with Gasteiger partial charge in [0.2, 0.25) is 0 Å². The highest BCUT2D eigenvalue weighted by atomic mass is 16.5. The van der Waals surface area contributed by atoms with Crippen molar-refractivity contribution in [1.82, 2.24) is 10.2 Å². The second kappa shape index (κ2) is 7.91. The normalized spacial score (nSPS) is 27.4. The number of nitrogens with one attached hydrogen (secondary N) is 1. The van der Waals surface area contributed by atoms with Crippen LogP contribution in [0.2, 0.25) is 0 Å². The molecule has 0 aromatic heterocycles. The fourth-order valence-electron chi connectivity index (χ4n) is 3.59. The molecular weight excluding hydrogens is 264 g/mol. The van der Waals surface area contributed by atoms with Gasteiger partial charge in [0.05, 0.1) is 17.8 Å². The zero-order chi connectivity index (χ0) is 16.1. The van der Waals surface area contributed by atoms with E-state index < -0.39 is 0 Å². The summed E-state index contributed by atoms with van der Waals surface area (Å²) in [6.45, 7) is 18.3. The second-order valence-corrected chi connectivity index (χ2v) is 7.23. The van der Waals surface area contributed by atoms with Gasteiger partial charge in [0, 0.05) is 32.2 Å². The predicted molar refractivity (Wildman–Crippen MR) is 88.8 cm³/mol. The molecule has 0 bridgehead atoms. The number of rotatable bonds is 9. The van der Waals surface area contributed by atoms with Gasteiger partial charge >= 0.3 is 0 Å². The molecule has 4 heteroatoms. The van der Waals surface area contributed by atoms with Crippen molar-refractivity contribution in [3.63, 3.8) is 0 Å². The minimum absolute atomic E-state index is 0.102. The third-order valence-corrected chi connectivity index (χ3v) is 4.70. The van der Waals surface area contributed by atoms with Gasteiger partial charge in [-0.15, -0.1) is 0 Å². The monoisotopic (exact) mass is 300 g/mol. The van der Waals surface area contributed by atoms with E-state index in [0.29, 0.717) is 12.0 Å². The van der Waals surface area contributed by atoms with Gasteiger partial charge in [-0.3, -0.25) is 0 Å². The molecule has 0 aromatic carbocycles. The number of likely N-dealkylation sites (N-methyl/N-ethyl adjacent to an activating group) is 1. The molecule has 0 amide bonds. The highest BCUT2D eigenvalue weighted by Crippen LogP contribution is 2.42. The fraction of sp³-hybridized carbons (Fsp3) is 1.00. The molecule has 0 aromatic rings. The first-order valence-electron chi connectivity index (χ1n) is 8.43. The predicted octanol–water partition coefficient (Wildman–Crippen LogP) is 2.53. The van der Waals surface area contributed by atoms with Crippen LogP contribution in [-0.2, 0) is 9.47 Å². The first-order chi connectivity index (χ1) is 9.78. The highest BCUT2D eigenvalue weighted by molar-refractivity contribution is 5.06. The van der Waals surface area contributed by atoms with Crippen LogP contribution in [0.3, 0.4) is 0 Å². The van der Waals surface area contributed by atoms with E-state index in [2.05, 4.69) is 51.8 Å². The van der Waals surface area contributed by atoms with Crippen molar-refractivity contribution in [3.8, 4) is 0 Å². The van der Waals surface area contributed by atoms with Gasteiger partial charge in [-0.2, -0.15) is 0 Å². The molecule has 21 heavy (non-hydrogen) atoms. The molecule has 2 unspecified atom stereocenters. The summed E-state index contributed by atoms with van der Waals surface area (Å²) in [6, 6.07) is 0.393. The van der Waals surface area contributed by atoms with Crippen LogP contribution in [0.25, 0.3) is 0 Å². The third kappa shape index (κ3) is 4.92. The Kier molecular flexibility index (Phi) is 7.11. The number of ether oxygens (including phenoxy) is 2. The minimum Gasteiger partial charge on any atom is -0.383 e. The van der Waals surface area contributed by atoms with Gasteiger partial charge in [0.1, 0.15) is 0 Å². The Bertz CT molecular complexity index is 305. The van der Waals surface area contributed by atoms with Gasteiger partial charge < -0.3 is 19.7 Å². The van der Waals surface area contributed by atoms with Crippen LogP contribution >= 0.6 is 0 Å². The summed E-state index contributed by atoms with van der Waals surface area (Å²) in [5.41, 5.74) is -0.223. The molecule has 1 aliphatic heterocycles. The number of nitrogens with zero attached hydrogens (tertiary/aromatic N) is 1. The zero-order valence-corrected chi connectivity index (χ0v) is 15.2. The average molecular weight is 300 g/mol. The number of hydrogen-bond acceptors (Lipinski definition) is 4. The molecule has 0 spiro atoms. The van der Waals surface area contributed by atoms with Crippen LogP contribution in [-0.4, -0.2) is 62.0 Å². The van der Waals surface area contributed by atoms with E-state index in [9.17, 15) is 0 Å². The summed E-state index contributed by atoms with van der Waals surface area (Å²) >= 11 is 0. The highest BCUT2D eigenvalue weighted by Gasteiger charge is 2.53. The van der Waals surface area contributed by atoms with Crippen molar-refractivity contribution >= 4 is 0 Å². The van der Waals surface area contributed by atoms with Crippen molar-refractivity contribution in [2.45, 2.75) is 65.2 Å². The maximum Gasteiger partial charge on any atom is 0.0790 e. The summed E-state index contributed by atoms with van der Waals surface area (Å²) < 4.78 is 11.6. The fourth-order valence-corrected chi connectivity index (χ4v) is 3.59. The molecule has 1 fully saturated rings. The Hall–Kier alpha value is -0.160. The summed E-state index contributed by atoms with van der Waals surface area (Å²) in [7, 11) is 1.77. The molecule has 0 radical (unpaired) electrons. The van der Waals surface area contributed by atoms with Gasteiger partial charge in [0.15, 0.2) is 0 Å². The molecule has 0 saturated carbocycles. The number of hydrogen-bond donors (Lipinski definition) is 1. The van der Waals surface area contributed by atoms with Gasteiger partial charge in [-0.1, -0.05) is 13.8 Å². The third-order valence-electron chi connectivity index (χ3n) is 4.70. The zero-order valence-electron chi connectivity index (χ0n) is 15.2. The molecule has 126 valence electrons. The van der Waals surface area contributed by atoms with E-state index in [-0.39, 0.29) is 11.2 Å². The smallest absolute Gasteiger partial charge is 0.0790 e. The van der Waals surface area contributed by atoms with E-state index in [1.165, 1.54) is 0 Å². The van der Waals surface area contributed by atoms with Gasteiger partial charge in [-0.05, 0) is 47.2 Å². The maximum absolute atomic E-state index is 6.39. The van der Waals surface area contributed by atoms with Crippen LogP contribution in [0.15, 0.2) is 0 Å². The van der Waals surface area contributed by atoms with Crippen LogP contribution in [0.1, 0.15) is 48.0 Å². The van der Waals surface area contributed by atoms with E-state index in [1.807, 2.05) is 0 Å². The molecule has 4 nitrogen and oxygen atoms in total. The van der Waals surface area contributed by atoms with Crippen molar-refractivity contribution in [3.05, 3.63) is 0 Å². The molecule has 1 heterocycles. The summed E-state index contributed by atoms with van der Waals surface area (Å²) in [4.78, 5) is 2.47. The molecular formula is C17H36N2O2. The quantitative estimate of drug-likeness (QED) is 0.709. The largest absolute Gasteiger partial charge is 0.383 e. The molecule has 1 aliphatic rings. The average Bonchev–Trinajstić information content (AvgIpc) is 2.56. The van der Waals surface area contributed by atoms with Crippen LogP contribution in [0, 0.1) is 5.92 Å². The van der Waals surface area contributed by atoms with E-state index >= 15 is 0 Å². The van der Waals surface area contributed by atoms with Crippen LogP contribution in [0.4, 0.5) is 0 Å².